The van der Waals surface area contributed by atoms with Gasteiger partial charge in [0, 0.05) is 0 Å². The third-order valence-corrected chi connectivity index (χ3v) is 5.67. The number of methoxy groups -OCH3 is 1. The Morgan fingerprint density at radius 2 is 1.80 bits per heavy atom. The highest BCUT2D eigenvalue weighted by Crippen LogP contribution is 2.42. The van der Waals surface area contributed by atoms with E-state index in [1.54, 1.807) is 30.3 Å². The Kier molecular flexibility index (Phi) is 6.74. The molecule has 0 amide bonds. The molecule has 0 bridgehead atoms. The van der Waals surface area contributed by atoms with Gasteiger partial charge in [0.25, 0.3) is 0 Å². The number of ether oxygens (including phenoxy) is 2. The van der Waals surface area contributed by atoms with E-state index in [2.05, 4.69) is 0 Å². The Balaban J connectivity index is 1.82. The fourth-order valence-electron chi connectivity index (χ4n) is 4.10. The molecule has 0 heterocycles. The molecule has 0 radical (unpaired) electrons. The van der Waals surface area contributed by atoms with E-state index in [1.807, 2.05) is 13.8 Å². The van der Waals surface area contributed by atoms with Crippen molar-refractivity contribution in [2.24, 2.45) is 0 Å². The number of halogens is 3. The topological polar surface area (TPSA) is 35.5 Å². The van der Waals surface area contributed by atoms with Crippen LogP contribution in [0.5, 0.6) is 5.75 Å². The van der Waals surface area contributed by atoms with Crippen LogP contribution < -0.4 is 4.74 Å². The van der Waals surface area contributed by atoms with E-state index in [1.165, 1.54) is 13.2 Å². The second-order valence-corrected chi connectivity index (χ2v) is 8.08. The molecule has 0 spiro atoms. The average molecular weight is 420 g/mol. The zero-order valence-electron chi connectivity index (χ0n) is 17.5. The molecule has 1 fully saturated rings. The summed E-state index contributed by atoms with van der Waals surface area (Å²) in [5.74, 6) is 0.114. The molecule has 3 rings (SSSR count). The lowest BCUT2D eigenvalue weighted by Gasteiger charge is -2.19. The SMILES string of the molecule is COC(=O)c1ccc(OCc2ccc(C3CCCC3)c(C(F)(F)F)c2)cc1C(C)C. The summed E-state index contributed by atoms with van der Waals surface area (Å²) in [5, 5.41) is 0. The van der Waals surface area contributed by atoms with Crippen molar-refractivity contribution in [2.45, 2.75) is 64.1 Å². The van der Waals surface area contributed by atoms with Crippen molar-refractivity contribution in [3.8, 4) is 5.75 Å². The molecule has 0 saturated heterocycles. The first kappa shape index (κ1) is 22.2. The molecule has 1 aliphatic carbocycles. The third kappa shape index (κ3) is 4.97. The normalized spacial score (nSPS) is 14.9. The van der Waals surface area contributed by atoms with Crippen LogP contribution in [-0.2, 0) is 17.5 Å². The number of hydrogen-bond acceptors (Lipinski definition) is 3. The molecule has 2 aromatic carbocycles. The number of carbonyl (C=O) groups excluding carboxylic acids is 1. The first-order valence-electron chi connectivity index (χ1n) is 10.3. The smallest absolute Gasteiger partial charge is 0.416 e. The summed E-state index contributed by atoms with van der Waals surface area (Å²) in [4.78, 5) is 11.9. The highest BCUT2D eigenvalue weighted by atomic mass is 19.4. The highest BCUT2D eigenvalue weighted by molar-refractivity contribution is 5.91. The molecule has 0 unspecified atom stereocenters. The Morgan fingerprint density at radius 1 is 1.10 bits per heavy atom. The van der Waals surface area contributed by atoms with Crippen molar-refractivity contribution in [3.05, 3.63) is 64.2 Å². The second-order valence-electron chi connectivity index (χ2n) is 8.08. The summed E-state index contributed by atoms with van der Waals surface area (Å²) in [6, 6.07) is 9.54. The molecule has 1 aliphatic rings. The fourth-order valence-corrected chi connectivity index (χ4v) is 4.10. The van der Waals surface area contributed by atoms with E-state index < -0.39 is 17.7 Å². The molecule has 0 atom stereocenters. The number of rotatable bonds is 6. The van der Waals surface area contributed by atoms with Crippen molar-refractivity contribution in [2.75, 3.05) is 7.11 Å². The molecule has 3 nitrogen and oxygen atoms in total. The van der Waals surface area contributed by atoms with Gasteiger partial charge in [0.05, 0.1) is 18.2 Å². The summed E-state index contributed by atoms with van der Waals surface area (Å²) in [5.41, 5.74) is 1.53. The van der Waals surface area contributed by atoms with Gasteiger partial charge in [-0.25, -0.2) is 4.79 Å². The summed E-state index contributed by atoms with van der Waals surface area (Å²) >= 11 is 0. The van der Waals surface area contributed by atoms with Gasteiger partial charge < -0.3 is 9.47 Å². The van der Waals surface area contributed by atoms with Crippen LogP contribution in [0.4, 0.5) is 13.2 Å². The van der Waals surface area contributed by atoms with Crippen LogP contribution in [0.15, 0.2) is 36.4 Å². The van der Waals surface area contributed by atoms with Gasteiger partial charge in [-0.3, -0.25) is 0 Å². The van der Waals surface area contributed by atoms with Crippen LogP contribution in [-0.4, -0.2) is 13.1 Å². The Bertz CT molecular complexity index is 897. The minimum Gasteiger partial charge on any atom is -0.489 e. The summed E-state index contributed by atoms with van der Waals surface area (Å²) in [6.07, 6.45) is -0.813. The van der Waals surface area contributed by atoms with Gasteiger partial charge in [-0.2, -0.15) is 13.2 Å². The minimum atomic E-state index is -4.39. The minimum absolute atomic E-state index is 0.0170. The van der Waals surface area contributed by atoms with Gasteiger partial charge in [-0.05, 0) is 65.6 Å². The maximum absolute atomic E-state index is 13.7. The zero-order valence-corrected chi connectivity index (χ0v) is 17.5. The van der Waals surface area contributed by atoms with Crippen molar-refractivity contribution in [1.82, 2.24) is 0 Å². The maximum atomic E-state index is 13.7. The van der Waals surface area contributed by atoms with Gasteiger partial charge in [-0.15, -0.1) is 0 Å². The van der Waals surface area contributed by atoms with Crippen LogP contribution in [0, 0.1) is 0 Å². The number of benzene rings is 2. The number of alkyl halides is 3. The van der Waals surface area contributed by atoms with Crippen molar-refractivity contribution in [3.63, 3.8) is 0 Å². The van der Waals surface area contributed by atoms with Gasteiger partial charge in [0.1, 0.15) is 12.4 Å². The Morgan fingerprint density at radius 3 is 2.40 bits per heavy atom. The summed E-state index contributed by atoms with van der Waals surface area (Å²) < 4.78 is 51.5. The lowest BCUT2D eigenvalue weighted by Crippen LogP contribution is -2.12. The summed E-state index contributed by atoms with van der Waals surface area (Å²) in [7, 11) is 1.32. The highest BCUT2D eigenvalue weighted by Gasteiger charge is 2.36. The standard InChI is InChI=1S/C24H27F3O3/c1-15(2)21-13-18(9-11-20(21)23(28)29-3)30-14-16-8-10-19(17-6-4-5-7-17)22(12-16)24(25,26)27/h8-13,15,17H,4-7,14H2,1-3H3. The molecule has 2 aromatic rings. The van der Waals surface area contributed by atoms with Crippen LogP contribution in [0.3, 0.4) is 0 Å². The van der Waals surface area contributed by atoms with Gasteiger partial charge in [0.2, 0.25) is 0 Å². The fraction of sp³-hybridized carbons (Fsp3) is 0.458. The average Bonchev–Trinajstić information content (AvgIpc) is 3.25. The van der Waals surface area contributed by atoms with Gasteiger partial charge in [-0.1, -0.05) is 38.8 Å². The van der Waals surface area contributed by atoms with Crippen LogP contribution in [0.2, 0.25) is 0 Å². The van der Waals surface area contributed by atoms with Crippen LogP contribution in [0.1, 0.15) is 84.0 Å². The van der Waals surface area contributed by atoms with E-state index in [0.717, 1.165) is 31.2 Å². The van der Waals surface area contributed by atoms with Gasteiger partial charge in [0.15, 0.2) is 0 Å². The molecule has 162 valence electrons. The van der Waals surface area contributed by atoms with Gasteiger partial charge >= 0.3 is 12.1 Å². The molecule has 0 aromatic heterocycles. The number of carbonyl (C=O) groups is 1. The van der Waals surface area contributed by atoms with E-state index >= 15 is 0 Å². The predicted octanol–water partition coefficient (Wildman–Crippen LogP) is 6.85. The Hall–Kier alpha value is -2.50. The molecule has 30 heavy (non-hydrogen) atoms. The lowest BCUT2D eigenvalue weighted by molar-refractivity contribution is -0.138. The monoisotopic (exact) mass is 420 g/mol. The molecular weight excluding hydrogens is 393 g/mol. The molecule has 0 N–H and O–H groups in total. The van der Waals surface area contributed by atoms with E-state index in [4.69, 9.17) is 9.47 Å². The first-order valence-corrected chi connectivity index (χ1v) is 10.3. The lowest BCUT2D eigenvalue weighted by atomic mass is 9.91. The molecule has 0 aliphatic heterocycles. The van der Waals surface area contributed by atoms with Crippen LogP contribution in [0.25, 0.3) is 0 Å². The van der Waals surface area contributed by atoms with E-state index in [-0.39, 0.29) is 18.4 Å². The Labute approximate surface area is 175 Å². The van der Waals surface area contributed by atoms with Crippen LogP contribution >= 0.6 is 0 Å². The second kappa shape index (κ2) is 9.11. The zero-order chi connectivity index (χ0) is 21.9. The molecular formula is C24H27F3O3. The summed E-state index contributed by atoms with van der Waals surface area (Å²) in [6.45, 7) is 3.91. The molecule has 1 saturated carbocycles. The largest absolute Gasteiger partial charge is 0.489 e. The maximum Gasteiger partial charge on any atom is 0.416 e. The number of esters is 1. The van der Waals surface area contributed by atoms with Crippen molar-refractivity contribution >= 4 is 5.97 Å². The quantitative estimate of drug-likeness (QED) is 0.479. The number of hydrogen-bond donors (Lipinski definition) is 0. The van der Waals surface area contributed by atoms with E-state index in [0.29, 0.717) is 22.4 Å². The van der Waals surface area contributed by atoms with Crippen molar-refractivity contribution in [1.29, 1.82) is 0 Å². The predicted molar refractivity (Wildman–Crippen MR) is 109 cm³/mol. The van der Waals surface area contributed by atoms with E-state index in [9.17, 15) is 18.0 Å². The molecule has 6 heteroatoms. The first-order chi connectivity index (χ1) is 14.2. The third-order valence-electron chi connectivity index (χ3n) is 5.67. The van der Waals surface area contributed by atoms with Crippen molar-refractivity contribution < 1.29 is 27.4 Å².